The molecule has 1 aliphatic rings. The molecule has 104 valence electrons. The lowest BCUT2D eigenvalue weighted by molar-refractivity contribution is 0.726. The van der Waals surface area contributed by atoms with E-state index in [1.165, 1.54) is 5.69 Å². The molecule has 0 N–H and O–H groups in total. The van der Waals surface area contributed by atoms with Gasteiger partial charge in [-0.1, -0.05) is 45.9 Å². The third-order valence-corrected chi connectivity index (χ3v) is 5.21. The van der Waals surface area contributed by atoms with Gasteiger partial charge in [-0.2, -0.15) is 0 Å². The van der Waals surface area contributed by atoms with Crippen molar-refractivity contribution in [3.05, 3.63) is 53.3 Å². The fourth-order valence-corrected chi connectivity index (χ4v) is 4.04. The average molecular weight is 358 g/mol. The van der Waals surface area contributed by atoms with Gasteiger partial charge in [0.15, 0.2) is 5.16 Å². The number of benzene rings is 1. The molecule has 0 spiro atoms. The predicted octanol–water partition coefficient (Wildman–Crippen LogP) is 4.48. The molecule has 0 amide bonds. The minimum Gasteiger partial charge on any atom is -0.318 e. The summed E-state index contributed by atoms with van der Waals surface area (Å²) in [5.74, 6) is 1.09. The predicted molar refractivity (Wildman–Crippen MR) is 89.3 cm³/mol. The SMILES string of the molecule is Brc1ccccc1-c1nc2n(c1-c1ccncc1)CCS2. The van der Waals surface area contributed by atoms with Crippen LogP contribution in [0.15, 0.2) is 58.4 Å². The molecule has 0 unspecified atom stereocenters. The molecule has 2 aromatic heterocycles. The van der Waals surface area contributed by atoms with Gasteiger partial charge in [-0.3, -0.25) is 4.98 Å². The smallest absolute Gasteiger partial charge is 0.169 e. The van der Waals surface area contributed by atoms with Crippen molar-refractivity contribution in [3.63, 3.8) is 0 Å². The number of imidazole rings is 1. The Morgan fingerprint density at radius 3 is 2.71 bits per heavy atom. The van der Waals surface area contributed by atoms with Crippen LogP contribution in [0.3, 0.4) is 0 Å². The summed E-state index contributed by atoms with van der Waals surface area (Å²) in [6.07, 6.45) is 3.67. The minimum absolute atomic E-state index is 1.01. The summed E-state index contributed by atoms with van der Waals surface area (Å²) in [6, 6.07) is 12.3. The number of hydrogen-bond acceptors (Lipinski definition) is 3. The van der Waals surface area contributed by atoms with Crippen molar-refractivity contribution in [2.75, 3.05) is 5.75 Å². The van der Waals surface area contributed by atoms with Gasteiger partial charge in [0.25, 0.3) is 0 Å². The summed E-state index contributed by atoms with van der Waals surface area (Å²) in [7, 11) is 0. The van der Waals surface area contributed by atoms with Gasteiger partial charge in [0.05, 0.1) is 11.4 Å². The highest BCUT2D eigenvalue weighted by Crippen LogP contribution is 2.40. The zero-order valence-corrected chi connectivity index (χ0v) is 13.6. The molecule has 1 aromatic carbocycles. The molecule has 3 heterocycles. The second-order valence-electron chi connectivity index (χ2n) is 4.81. The first kappa shape index (κ1) is 13.1. The maximum absolute atomic E-state index is 4.87. The second-order valence-corrected chi connectivity index (χ2v) is 6.72. The monoisotopic (exact) mass is 357 g/mol. The summed E-state index contributed by atoms with van der Waals surface area (Å²) in [5, 5.41) is 1.10. The lowest BCUT2D eigenvalue weighted by Crippen LogP contribution is -1.97. The largest absolute Gasteiger partial charge is 0.318 e. The lowest BCUT2D eigenvalue weighted by atomic mass is 10.1. The highest BCUT2D eigenvalue weighted by atomic mass is 79.9. The normalized spacial score (nSPS) is 13.4. The molecule has 0 fully saturated rings. The maximum atomic E-state index is 4.87. The Morgan fingerprint density at radius 1 is 1.10 bits per heavy atom. The molecule has 1 aliphatic heterocycles. The van der Waals surface area contributed by atoms with Gasteiger partial charge >= 0.3 is 0 Å². The Labute approximate surface area is 135 Å². The Hall–Kier alpha value is -1.59. The van der Waals surface area contributed by atoms with Crippen LogP contribution >= 0.6 is 27.7 Å². The molecule has 3 aromatic rings. The first-order valence-electron chi connectivity index (χ1n) is 6.73. The molecular formula is C16H12BrN3S. The van der Waals surface area contributed by atoms with Crippen molar-refractivity contribution >= 4 is 27.7 Å². The van der Waals surface area contributed by atoms with Crippen LogP contribution in [-0.2, 0) is 6.54 Å². The second kappa shape index (κ2) is 5.31. The number of hydrogen-bond donors (Lipinski definition) is 0. The maximum Gasteiger partial charge on any atom is 0.169 e. The van der Waals surface area contributed by atoms with E-state index in [2.05, 4.69) is 37.6 Å². The van der Waals surface area contributed by atoms with E-state index >= 15 is 0 Å². The van der Waals surface area contributed by atoms with Crippen molar-refractivity contribution in [1.29, 1.82) is 0 Å². The van der Waals surface area contributed by atoms with Gasteiger partial charge < -0.3 is 4.57 Å². The first-order chi connectivity index (χ1) is 10.3. The van der Waals surface area contributed by atoms with Gasteiger partial charge in [0.1, 0.15) is 0 Å². The number of rotatable bonds is 2. The summed E-state index contributed by atoms with van der Waals surface area (Å²) >= 11 is 5.46. The number of thioether (sulfide) groups is 1. The van der Waals surface area contributed by atoms with Gasteiger partial charge in [-0.05, 0) is 18.2 Å². The van der Waals surface area contributed by atoms with Gasteiger partial charge in [-0.25, -0.2) is 4.98 Å². The fraction of sp³-hybridized carbons (Fsp3) is 0.125. The molecule has 0 bridgehead atoms. The summed E-state index contributed by atoms with van der Waals surface area (Å²) in [5.41, 5.74) is 4.52. The van der Waals surface area contributed by atoms with Crippen LogP contribution in [-0.4, -0.2) is 20.3 Å². The molecule has 5 heteroatoms. The van der Waals surface area contributed by atoms with Crippen LogP contribution in [0.1, 0.15) is 0 Å². The van der Waals surface area contributed by atoms with Crippen molar-refractivity contribution in [3.8, 4) is 22.5 Å². The Balaban J connectivity index is 1.99. The van der Waals surface area contributed by atoms with Crippen LogP contribution in [0, 0.1) is 0 Å². The molecular weight excluding hydrogens is 346 g/mol. The van der Waals surface area contributed by atoms with Gasteiger partial charge in [0.2, 0.25) is 0 Å². The molecule has 0 atom stereocenters. The Bertz CT molecular complexity index is 799. The van der Waals surface area contributed by atoms with E-state index in [-0.39, 0.29) is 0 Å². The quantitative estimate of drug-likeness (QED) is 0.677. The molecule has 21 heavy (non-hydrogen) atoms. The fourth-order valence-electron chi connectivity index (χ4n) is 2.62. The van der Waals surface area contributed by atoms with E-state index in [1.807, 2.05) is 48.4 Å². The van der Waals surface area contributed by atoms with Crippen LogP contribution in [0.4, 0.5) is 0 Å². The van der Waals surface area contributed by atoms with E-state index in [9.17, 15) is 0 Å². The molecule has 0 aliphatic carbocycles. The highest BCUT2D eigenvalue weighted by Gasteiger charge is 2.24. The van der Waals surface area contributed by atoms with Crippen molar-refractivity contribution in [2.24, 2.45) is 0 Å². The summed E-state index contributed by atoms with van der Waals surface area (Å²) in [4.78, 5) is 9.00. The number of nitrogens with zero attached hydrogens (tertiary/aromatic N) is 3. The van der Waals surface area contributed by atoms with Crippen LogP contribution < -0.4 is 0 Å². The van der Waals surface area contributed by atoms with Crippen LogP contribution in [0.25, 0.3) is 22.5 Å². The van der Waals surface area contributed by atoms with Crippen LogP contribution in [0.5, 0.6) is 0 Å². The van der Waals surface area contributed by atoms with Crippen LogP contribution in [0.2, 0.25) is 0 Å². The van der Waals surface area contributed by atoms with E-state index in [4.69, 9.17) is 4.98 Å². The number of fused-ring (bicyclic) bond motifs is 1. The standard InChI is InChI=1S/C16H12BrN3S/c17-13-4-2-1-3-12(13)14-15(11-5-7-18-8-6-11)20-9-10-21-16(20)19-14/h1-8H,9-10H2. The van der Waals surface area contributed by atoms with Gasteiger partial charge in [0, 0.05) is 40.3 Å². The minimum atomic E-state index is 1.01. The molecule has 4 rings (SSSR count). The van der Waals surface area contributed by atoms with E-state index in [1.54, 1.807) is 0 Å². The molecule has 3 nitrogen and oxygen atoms in total. The van der Waals surface area contributed by atoms with Crippen molar-refractivity contribution < 1.29 is 0 Å². The molecule has 0 saturated heterocycles. The van der Waals surface area contributed by atoms with Gasteiger partial charge in [-0.15, -0.1) is 0 Å². The third kappa shape index (κ3) is 2.21. The Kier molecular flexibility index (Phi) is 3.31. The van der Waals surface area contributed by atoms with Crippen molar-refractivity contribution in [2.45, 2.75) is 11.7 Å². The average Bonchev–Trinajstić information content (AvgIpc) is 3.09. The number of halogens is 1. The topological polar surface area (TPSA) is 30.7 Å². The molecule has 0 radical (unpaired) electrons. The van der Waals surface area contributed by atoms with E-state index in [0.717, 1.165) is 38.7 Å². The first-order valence-corrected chi connectivity index (χ1v) is 8.51. The zero-order chi connectivity index (χ0) is 14.2. The van der Waals surface area contributed by atoms with E-state index < -0.39 is 0 Å². The summed E-state index contributed by atoms with van der Waals surface area (Å²) < 4.78 is 3.39. The zero-order valence-electron chi connectivity index (χ0n) is 11.2. The number of pyridine rings is 1. The lowest BCUT2D eigenvalue weighted by Gasteiger charge is -2.09. The third-order valence-electron chi connectivity index (χ3n) is 3.56. The van der Waals surface area contributed by atoms with E-state index in [0.29, 0.717) is 0 Å². The van der Waals surface area contributed by atoms with Crippen molar-refractivity contribution in [1.82, 2.24) is 14.5 Å². The summed E-state index contributed by atoms with van der Waals surface area (Å²) in [6.45, 7) is 1.01. The molecule has 0 saturated carbocycles. The highest BCUT2D eigenvalue weighted by molar-refractivity contribution is 9.10. The number of aromatic nitrogens is 3. The Morgan fingerprint density at radius 2 is 1.90 bits per heavy atom.